The highest BCUT2D eigenvalue weighted by molar-refractivity contribution is 7.17. The number of nitrogens with zero attached hydrogens (tertiary/aromatic N) is 4. The van der Waals surface area contributed by atoms with Crippen molar-refractivity contribution in [3.8, 4) is 0 Å². The van der Waals surface area contributed by atoms with Crippen molar-refractivity contribution in [2.75, 3.05) is 18.0 Å². The zero-order valence-corrected chi connectivity index (χ0v) is 13.9. The minimum absolute atomic E-state index is 0.123. The Labute approximate surface area is 140 Å². The molecule has 24 heavy (non-hydrogen) atoms. The highest BCUT2D eigenvalue weighted by Gasteiger charge is 2.37. The Bertz CT molecular complexity index is 721. The van der Waals surface area contributed by atoms with Gasteiger partial charge in [0.1, 0.15) is 4.88 Å². The van der Waals surface area contributed by atoms with Crippen molar-refractivity contribution in [2.45, 2.75) is 20.0 Å². The molecular formula is C15H15F3N4OS. The Morgan fingerprint density at radius 1 is 1.17 bits per heavy atom. The summed E-state index contributed by atoms with van der Waals surface area (Å²) in [6, 6.07) is 7.16. The topological polar surface area (TPSA) is 57.9 Å². The van der Waals surface area contributed by atoms with Crippen LogP contribution in [0.4, 0.5) is 29.7 Å². The van der Waals surface area contributed by atoms with Crippen LogP contribution in [-0.2, 0) is 6.18 Å². The molecule has 128 valence electrons. The van der Waals surface area contributed by atoms with E-state index in [1.54, 1.807) is 12.1 Å². The van der Waals surface area contributed by atoms with E-state index in [0.29, 0.717) is 17.0 Å². The smallest absolute Gasteiger partial charge is 0.372 e. The highest BCUT2D eigenvalue weighted by Crippen LogP contribution is 2.36. The lowest BCUT2D eigenvalue weighted by molar-refractivity contribution is -0.140. The Morgan fingerprint density at radius 2 is 1.79 bits per heavy atom. The highest BCUT2D eigenvalue weighted by atomic mass is 32.1. The number of anilines is 1. The molecule has 0 radical (unpaired) electrons. The van der Waals surface area contributed by atoms with E-state index in [1.165, 1.54) is 0 Å². The number of aromatic nitrogens is 1. The third-order valence-corrected chi connectivity index (χ3v) is 4.11. The summed E-state index contributed by atoms with van der Waals surface area (Å²) in [5, 5.41) is 7.35. The second kappa shape index (κ2) is 7.52. The van der Waals surface area contributed by atoms with Gasteiger partial charge in [0.2, 0.25) is 5.13 Å². The minimum atomic E-state index is -4.69. The first kappa shape index (κ1) is 18.1. The second-order valence-corrected chi connectivity index (χ2v) is 5.72. The fraction of sp³-hybridized carbons (Fsp3) is 0.333. The predicted molar refractivity (Wildman–Crippen MR) is 86.7 cm³/mol. The van der Waals surface area contributed by atoms with Crippen molar-refractivity contribution in [1.29, 1.82) is 0 Å². The van der Waals surface area contributed by atoms with Gasteiger partial charge in [0.15, 0.2) is 12.0 Å². The maximum absolute atomic E-state index is 12.7. The molecule has 1 heterocycles. The van der Waals surface area contributed by atoms with Crippen LogP contribution >= 0.6 is 11.3 Å². The van der Waals surface area contributed by atoms with Gasteiger partial charge < -0.3 is 4.90 Å². The number of thiazole rings is 1. The molecule has 0 aliphatic carbocycles. The molecule has 0 atom stereocenters. The average molecular weight is 356 g/mol. The van der Waals surface area contributed by atoms with Gasteiger partial charge in [-0.25, -0.2) is 4.98 Å². The molecule has 5 nitrogen and oxygen atoms in total. The largest absolute Gasteiger partial charge is 0.434 e. The third kappa shape index (κ3) is 4.16. The van der Waals surface area contributed by atoms with Gasteiger partial charge in [-0.05, 0) is 38.1 Å². The number of aldehydes is 1. The van der Waals surface area contributed by atoms with Gasteiger partial charge in [0.05, 0.1) is 5.69 Å². The third-order valence-electron chi connectivity index (χ3n) is 3.25. The second-order valence-electron chi connectivity index (χ2n) is 4.71. The van der Waals surface area contributed by atoms with Gasteiger partial charge in [-0.15, -0.1) is 10.2 Å². The molecule has 0 unspecified atom stereocenters. The Hall–Kier alpha value is -2.29. The number of azo groups is 1. The van der Waals surface area contributed by atoms with E-state index in [4.69, 9.17) is 0 Å². The van der Waals surface area contributed by atoms with E-state index in [2.05, 4.69) is 20.1 Å². The van der Waals surface area contributed by atoms with E-state index in [1.807, 2.05) is 26.0 Å². The van der Waals surface area contributed by atoms with Crippen molar-refractivity contribution in [3.63, 3.8) is 0 Å². The normalized spacial score (nSPS) is 11.9. The summed E-state index contributed by atoms with van der Waals surface area (Å²) in [5.74, 6) is 0. The van der Waals surface area contributed by atoms with Crippen molar-refractivity contribution in [1.82, 2.24) is 4.98 Å². The maximum Gasteiger partial charge on any atom is 0.434 e. The number of alkyl halides is 3. The molecule has 0 bridgehead atoms. The van der Waals surface area contributed by atoms with Gasteiger partial charge >= 0.3 is 6.18 Å². The molecule has 0 fully saturated rings. The molecular weight excluding hydrogens is 341 g/mol. The summed E-state index contributed by atoms with van der Waals surface area (Å²) in [4.78, 5) is 15.7. The van der Waals surface area contributed by atoms with E-state index < -0.39 is 16.7 Å². The van der Waals surface area contributed by atoms with E-state index >= 15 is 0 Å². The first-order valence-corrected chi connectivity index (χ1v) is 8.00. The molecule has 2 rings (SSSR count). The lowest BCUT2D eigenvalue weighted by Crippen LogP contribution is -2.21. The standard InChI is InChI=1S/C15H15F3N4OS/c1-3-22(4-2)11-7-5-10(6-8-11)20-21-14-19-13(15(16,17)18)12(9-23)24-14/h5-9H,3-4H2,1-2H3. The summed E-state index contributed by atoms with van der Waals surface area (Å²) in [6.45, 7) is 5.82. The van der Waals surface area contributed by atoms with E-state index in [-0.39, 0.29) is 11.4 Å². The zero-order valence-electron chi connectivity index (χ0n) is 13.0. The minimum Gasteiger partial charge on any atom is -0.372 e. The molecule has 0 saturated carbocycles. The van der Waals surface area contributed by atoms with Crippen LogP contribution in [0.5, 0.6) is 0 Å². The fourth-order valence-electron chi connectivity index (χ4n) is 2.07. The lowest BCUT2D eigenvalue weighted by atomic mass is 10.2. The first-order chi connectivity index (χ1) is 11.4. The predicted octanol–water partition coefficient (Wildman–Crippen LogP) is 5.24. The van der Waals surface area contributed by atoms with Gasteiger partial charge in [-0.2, -0.15) is 13.2 Å². The van der Waals surface area contributed by atoms with Gasteiger partial charge in [-0.3, -0.25) is 4.79 Å². The first-order valence-electron chi connectivity index (χ1n) is 7.19. The van der Waals surface area contributed by atoms with Crippen LogP contribution in [0.2, 0.25) is 0 Å². The summed E-state index contributed by atoms with van der Waals surface area (Å²) in [5.41, 5.74) is 0.284. The quantitative estimate of drug-likeness (QED) is 0.525. The van der Waals surface area contributed by atoms with Gasteiger partial charge in [0.25, 0.3) is 0 Å². The molecule has 9 heteroatoms. The molecule has 2 aromatic rings. The number of hydrogen-bond donors (Lipinski definition) is 0. The summed E-state index contributed by atoms with van der Waals surface area (Å²) in [6.07, 6.45) is -4.57. The van der Waals surface area contributed by atoms with Crippen LogP contribution in [0.15, 0.2) is 34.5 Å². The van der Waals surface area contributed by atoms with Gasteiger partial charge in [0, 0.05) is 18.8 Å². The Morgan fingerprint density at radius 3 is 2.25 bits per heavy atom. The van der Waals surface area contributed by atoms with Crippen LogP contribution < -0.4 is 4.90 Å². The molecule has 0 saturated heterocycles. The number of carbonyl (C=O) groups is 1. The van der Waals surface area contributed by atoms with Crippen LogP contribution in [0.3, 0.4) is 0 Å². The zero-order chi connectivity index (χ0) is 17.7. The van der Waals surface area contributed by atoms with Crippen molar-refractivity contribution < 1.29 is 18.0 Å². The van der Waals surface area contributed by atoms with Crippen LogP contribution in [0.25, 0.3) is 0 Å². The summed E-state index contributed by atoms with van der Waals surface area (Å²) in [7, 11) is 0. The van der Waals surface area contributed by atoms with Gasteiger partial charge in [-0.1, -0.05) is 11.3 Å². The average Bonchev–Trinajstić information content (AvgIpc) is 2.99. The number of carbonyl (C=O) groups excluding carboxylic acids is 1. The van der Waals surface area contributed by atoms with Crippen molar-refractivity contribution in [3.05, 3.63) is 34.8 Å². The van der Waals surface area contributed by atoms with Crippen molar-refractivity contribution >= 4 is 34.1 Å². The lowest BCUT2D eigenvalue weighted by Gasteiger charge is -2.20. The maximum atomic E-state index is 12.7. The molecule has 0 aliphatic rings. The Kier molecular flexibility index (Phi) is 5.66. The van der Waals surface area contributed by atoms with Crippen LogP contribution in [-0.4, -0.2) is 24.4 Å². The Balaban J connectivity index is 2.19. The molecule has 0 N–H and O–H groups in total. The summed E-state index contributed by atoms with van der Waals surface area (Å²) < 4.78 is 38.1. The molecule has 1 aromatic carbocycles. The van der Waals surface area contributed by atoms with E-state index in [9.17, 15) is 18.0 Å². The molecule has 0 spiro atoms. The van der Waals surface area contributed by atoms with Crippen LogP contribution in [0, 0.1) is 0 Å². The SMILES string of the molecule is CCN(CC)c1ccc(N=Nc2nc(C(F)(F)F)c(C=O)s2)cc1. The van der Waals surface area contributed by atoms with Crippen LogP contribution in [0.1, 0.15) is 29.2 Å². The number of rotatable bonds is 6. The van der Waals surface area contributed by atoms with E-state index in [0.717, 1.165) is 18.8 Å². The number of hydrogen-bond acceptors (Lipinski definition) is 6. The number of benzene rings is 1. The molecule has 0 aliphatic heterocycles. The monoisotopic (exact) mass is 356 g/mol. The fourth-order valence-corrected chi connectivity index (χ4v) is 2.79. The molecule has 0 amide bonds. The number of halogens is 3. The summed E-state index contributed by atoms with van der Waals surface area (Å²) >= 11 is 0.553. The van der Waals surface area contributed by atoms with Crippen molar-refractivity contribution in [2.24, 2.45) is 10.2 Å². The molecule has 1 aromatic heterocycles.